The number of amides is 2. The molecule has 1 aromatic heterocycles. The Morgan fingerprint density at radius 3 is 2.24 bits per heavy atom. The molecular formula is C39H46N4O7. The molecule has 1 fully saturated rings. The van der Waals surface area contributed by atoms with Gasteiger partial charge in [-0.1, -0.05) is 18.2 Å². The summed E-state index contributed by atoms with van der Waals surface area (Å²) in [6.45, 7) is 7.10. The molecule has 4 aromatic rings. The summed E-state index contributed by atoms with van der Waals surface area (Å²) in [5.74, 6) is 1.08. The van der Waals surface area contributed by atoms with Crippen LogP contribution in [0.25, 0.3) is 10.9 Å². The monoisotopic (exact) mass is 682 g/mol. The first-order valence-electron chi connectivity index (χ1n) is 16.8. The number of hydrogen-bond acceptors (Lipinski definition) is 9. The van der Waals surface area contributed by atoms with Crippen molar-refractivity contribution in [1.29, 1.82) is 0 Å². The average Bonchev–Trinajstić information content (AvgIpc) is 3.13. The quantitative estimate of drug-likeness (QED) is 0.136. The molecule has 0 radical (unpaired) electrons. The fourth-order valence-electron chi connectivity index (χ4n) is 6.12. The van der Waals surface area contributed by atoms with Crippen LogP contribution in [0.4, 0.5) is 10.5 Å². The standard InChI is InChI=1S/C39H46N4O7/c1-39(2,3)50-38(46)42-21-18-26(19-22-42)24-41-37(45)35(36(44)27-11-14-29(47-4)15-12-27)43(25-28-13-16-30(48-5)23-34(28)49-6)33-17-20-40-32-10-8-7-9-31(32)33/h7-17,20,23,26,35H,18-19,21-22,24-25H2,1-6H3,(H,41,45). The summed E-state index contributed by atoms with van der Waals surface area (Å²) in [4.78, 5) is 49.8. The highest BCUT2D eigenvalue weighted by Gasteiger charge is 2.36. The molecule has 0 spiro atoms. The predicted molar refractivity (Wildman–Crippen MR) is 192 cm³/mol. The number of hydrogen-bond donors (Lipinski definition) is 1. The van der Waals surface area contributed by atoms with Crippen molar-refractivity contribution < 1.29 is 33.3 Å². The molecule has 0 aliphatic carbocycles. The summed E-state index contributed by atoms with van der Waals surface area (Å²) < 4.78 is 22.1. The van der Waals surface area contributed by atoms with Crippen LogP contribution in [0.5, 0.6) is 17.2 Å². The number of anilines is 1. The molecule has 2 amide bonds. The van der Waals surface area contributed by atoms with Gasteiger partial charge in [0.05, 0.1) is 26.8 Å². The van der Waals surface area contributed by atoms with Gasteiger partial charge in [0.25, 0.3) is 5.91 Å². The number of nitrogens with one attached hydrogen (secondary N) is 1. The van der Waals surface area contributed by atoms with Gasteiger partial charge < -0.3 is 34.1 Å². The predicted octanol–water partition coefficient (Wildman–Crippen LogP) is 6.28. The number of pyridine rings is 1. The van der Waals surface area contributed by atoms with E-state index in [0.717, 1.165) is 16.5 Å². The van der Waals surface area contributed by atoms with Crippen LogP contribution < -0.4 is 24.4 Å². The summed E-state index contributed by atoms with van der Waals surface area (Å²) in [6, 6.07) is 20.4. The molecular weight excluding hydrogens is 636 g/mol. The molecule has 11 nitrogen and oxygen atoms in total. The number of rotatable bonds is 12. The van der Waals surface area contributed by atoms with Crippen LogP contribution in [0.15, 0.2) is 79.0 Å². The summed E-state index contributed by atoms with van der Waals surface area (Å²) in [5, 5.41) is 3.90. The van der Waals surface area contributed by atoms with E-state index in [1.54, 1.807) is 62.8 Å². The van der Waals surface area contributed by atoms with E-state index in [0.29, 0.717) is 61.0 Å². The number of nitrogens with zero attached hydrogens (tertiary/aromatic N) is 3. The molecule has 264 valence electrons. The van der Waals surface area contributed by atoms with Crippen LogP contribution in [-0.4, -0.2) is 80.3 Å². The second kappa shape index (κ2) is 15.9. The average molecular weight is 683 g/mol. The summed E-state index contributed by atoms with van der Waals surface area (Å²) >= 11 is 0. The van der Waals surface area contributed by atoms with Crippen LogP contribution in [0, 0.1) is 5.92 Å². The van der Waals surface area contributed by atoms with E-state index >= 15 is 0 Å². The minimum absolute atomic E-state index is 0.117. The molecule has 50 heavy (non-hydrogen) atoms. The largest absolute Gasteiger partial charge is 0.497 e. The van der Waals surface area contributed by atoms with E-state index in [2.05, 4.69) is 10.3 Å². The minimum atomic E-state index is -1.26. The van der Waals surface area contributed by atoms with Crippen LogP contribution >= 0.6 is 0 Å². The van der Waals surface area contributed by atoms with Crippen LogP contribution in [-0.2, 0) is 16.1 Å². The zero-order valence-corrected chi connectivity index (χ0v) is 29.6. The maximum atomic E-state index is 14.6. The maximum Gasteiger partial charge on any atom is 0.410 e. The number of carbonyl (C=O) groups excluding carboxylic acids is 3. The molecule has 1 unspecified atom stereocenters. The van der Waals surface area contributed by atoms with E-state index in [-0.39, 0.29) is 24.3 Å². The topological polar surface area (TPSA) is 120 Å². The molecule has 1 atom stereocenters. The highest BCUT2D eigenvalue weighted by Crippen LogP contribution is 2.33. The van der Waals surface area contributed by atoms with Crippen LogP contribution in [0.2, 0.25) is 0 Å². The third-order valence-electron chi connectivity index (χ3n) is 8.78. The molecule has 2 heterocycles. The molecule has 5 rings (SSSR count). The van der Waals surface area contributed by atoms with E-state index in [9.17, 15) is 14.4 Å². The van der Waals surface area contributed by atoms with Crippen molar-refractivity contribution in [2.75, 3.05) is 45.9 Å². The Hall–Kier alpha value is -5.32. The second-order valence-electron chi connectivity index (χ2n) is 13.3. The van der Waals surface area contributed by atoms with Gasteiger partial charge in [0, 0.05) is 60.6 Å². The lowest BCUT2D eigenvalue weighted by Crippen LogP contribution is -2.53. The van der Waals surface area contributed by atoms with Gasteiger partial charge in [0.1, 0.15) is 22.8 Å². The van der Waals surface area contributed by atoms with E-state index in [4.69, 9.17) is 18.9 Å². The van der Waals surface area contributed by atoms with E-state index in [1.165, 1.54) is 0 Å². The molecule has 0 bridgehead atoms. The highest BCUT2D eigenvalue weighted by molar-refractivity contribution is 6.16. The summed E-state index contributed by atoms with van der Waals surface area (Å²) in [5.41, 5.74) is 1.94. The number of methoxy groups -OCH3 is 3. The third kappa shape index (κ3) is 8.63. The second-order valence-corrected chi connectivity index (χ2v) is 13.3. The van der Waals surface area contributed by atoms with Crippen molar-refractivity contribution >= 4 is 34.4 Å². The van der Waals surface area contributed by atoms with Crippen molar-refractivity contribution in [3.05, 3.63) is 90.1 Å². The third-order valence-corrected chi connectivity index (χ3v) is 8.78. The smallest absolute Gasteiger partial charge is 0.410 e. The van der Waals surface area contributed by atoms with Gasteiger partial charge in [-0.3, -0.25) is 14.6 Å². The molecule has 3 aromatic carbocycles. The Labute approximate surface area is 293 Å². The van der Waals surface area contributed by atoms with E-state index < -0.39 is 17.6 Å². The Morgan fingerprint density at radius 1 is 0.900 bits per heavy atom. The Balaban J connectivity index is 1.49. The number of carbonyl (C=O) groups is 3. The fourth-order valence-corrected chi connectivity index (χ4v) is 6.12. The SMILES string of the molecule is COc1ccc(C(=O)C(C(=O)NCC2CCN(C(=O)OC(C)(C)C)CC2)N(Cc2ccc(OC)cc2OC)c2ccnc3ccccc23)cc1. The molecule has 1 aliphatic heterocycles. The lowest BCUT2D eigenvalue weighted by Gasteiger charge is -2.35. The fraction of sp³-hybridized carbons (Fsp3) is 0.385. The number of benzene rings is 3. The number of Topliss-reactive ketones (excluding diaryl/α,β-unsaturated/α-hetero) is 1. The highest BCUT2D eigenvalue weighted by atomic mass is 16.6. The van der Waals surface area contributed by atoms with Gasteiger partial charge in [0.15, 0.2) is 11.8 Å². The Bertz CT molecular complexity index is 1790. The summed E-state index contributed by atoms with van der Waals surface area (Å²) in [7, 11) is 4.72. The van der Waals surface area contributed by atoms with Crippen molar-refractivity contribution in [2.24, 2.45) is 5.92 Å². The first-order valence-corrected chi connectivity index (χ1v) is 16.8. The first-order chi connectivity index (χ1) is 24.0. The number of likely N-dealkylation sites (tertiary alicyclic amines) is 1. The Morgan fingerprint density at radius 2 is 1.58 bits per heavy atom. The summed E-state index contributed by atoms with van der Waals surface area (Å²) in [6.07, 6.45) is 2.73. The first kappa shape index (κ1) is 36.0. The molecule has 1 saturated heterocycles. The van der Waals surface area contributed by atoms with E-state index in [1.807, 2.05) is 68.1 Å². The van der Waals surface area contributed by atoms with Gasteiger partial charge in [-0.25, -0.2) is 4.79 Å². The van der Waals surface area contributed by atoms with Crippen LogP contribution in [0.3, 0.4) is 0 Å². The Kier molecular flexibility index (Phi) is 11.5. The number of aromatic nitrogens is 1. The van der Waals surface area contributed by atoms with Gasteiger partial charge in [-0.15, -0.1) is 0 Å². The molecule has 1 aliphatic rings. The normalized spacial score (nSPS) is 14.1. The number of para-hydroxylation sites is 1. The zero-order chi connectivity index (χ0) is 35.8. The number of piperidine rings is 1. The maximum absolute atomic E-state index is 14.6. The van der Waals surface area contributed by atoms with Crippen molar-refractivity contribution in [3.8, 4) is 17.2 Å². The lowest BCUT2D eigenvalue weighted by molar-refractivity contribution is -0.121. The van der Waals surface area contributed by atoms with Crippen LogP contribution in [0.1, 0.15) is 49.5 Å². The zero-order valence-electron chi connectivity index (χ0n) is 29.6. The number of fused-ring (bicyclic) bond motifs is 1. The van der Waals surface area contributed by atoms with Gasteiger partial charge in [-0.2, -0.15) is 0 Å². The van der Waals surface area contributed by atoms with Gasteiger partial charge >= 0.3 is 6.09 Å². The lowest BCUT2D eigenvalue weighted by atomic mass is 9.96. The molecule has 11 heteroatoms. The molecule has 1 N–H and O–H groups in total. The number of ether oxygens (including phenoxy) is 4. The van der Waals surface area contributed by atoms with Gasteiger partial charge in [0.2, 0.25) is 0 Å². The molecule has 0 saturated carbocycles. The van der Waals surface area contributed by atoms with Crippen molar-refractivity contribution in [2.45, 2.75) is 51.8 Å². The number of ketones is 1. The van der Waals surface area contributed by atoms with Crippen molar-refractivity contribution in [1.82, 2.24) is 15.2 Å². The van der Waals surface area contributed by atoms with Gasteiger partial charge in [-0.05, 0) is 88.1 Å². The minimum Gasteiger partial charge on any atom is -0.497 e. The van der Waals surface area contributed by atoms with Crippen molar-refractivity contribution in [3.63, 3.8) is 0 Å².